The molecule has 144 valence electrons. The third kappa shape index (κ3) is 3.80. The standard InChI is InChI=1S/C18H16FN5O4/c1-11-20-5-6-23(11)15-4-3-12(7-14(15)19)9-21-17-16(24(26)27)8-13(10-22-17)18(25)28-2/h3-8,10H,9H2,1-2H3,(H,21,22). The summed E-state index contributed by atoms with van der Waals surface area (Å²) in [6.45, 7) is 1.86. The fourth-order valence-electron chi connectivity index (χ4n) is 2.63. The van der Waals surface area contributed by atoms with Gasteiger partial charge >= 0.3 is 11.7 Å². The van der Waals surface area contributed by atoms with E-state index in [1.165, 1.54) is 19.4 Å². The lowest BCUT2D eigenvalue weighted by atomic mass is 10.2. The van der Waals surface area contributed by atoms with Gasteiger partial charge in [0.1, 0.15) is 11.6 Å². The SMILES string of the molecule is COC(=O)c1cnc(NCc2ccc(-n3ccnc3C)c(F)c2)c([N+](=O)[O-])c1. The first kappa shape index (κ1) is 19.0. The highest BCUT2D eigenvalue weighted by molar-refractivity contribution is 5.90. The molecule has 0 fully saturated rings. The topological polar surface area (TPSA) is 112 Å². The molecular formula is C18H16FN5O4. The van der Waals surface area contributed by atoms with Gasteiger partial charge in [0.05, 0.1) is 23.3 Å². The first-order valence-electron chi connectivity index (χ1n) is 8.16. The van der Waals surface area contributed by atoms with Crippen molar-refractivity contribution in [2.75, 3.05) is 12.4 Å². The number of pyridine rings is 1. The van der Waals surface area contributed by atoms with Crippen molar-refractivity contribution < 1.29 is 18.8 Å². The third-order valence-electron chi connectivity index (χ3n) is 4.04. The smallest absolute Gasteiger partial charge is 0.339 e. The van der Waals surface area contributed by atoms with Crippen LogP contribution in [0.1, 0.15) is 21.7 Å². The zero-order chi connectivity index (χ0) is 20.3. The average molecular weight is 385 g/mol. The number of imidazole rings is 1. The number of aryl methyl sites for hydroxylation is 1. The summed E-state index contributed by atoms with van der Waals surface area (Å²) in [5, 5.41) is 14.1. The van der Waals surface area contributed by atoms with Crippen LogP contribution in [0.25, 0.3) is 5.69 Å². The van der Waals surface area contributed by atoms with E-state index in [1.807, 2.05) is 0 Å². The van der Waals surface area contributed by atoms with E-state index in [2.05, 4.69) is 20.0 Å². The van der Waals surface area contributed by atoms with Crippen LogP contribution < -0.4 is 5.32 Å². The van der Waals surface area contributed by atoms with Crippen molar-refractivity contribution in [1.82, 2.24) is 14.5 Å². The zero-order valence-electron chi connectivity index (χ0n) is 15.0. The van der Waals surface area contributed by atoms with E-state index in [-0.39, 0.29) is 23.6 Å². The largest absolute Gasteiger partial charge is 0.465 e. The molecule has 0 radical (unpaired) electrons. The van der Waals surface area contributed by atoms with Crippen LogP contribution in [-0.4, -0.2) is 32.5 Å². The van der Waals surface area contributed by atoms with Crippen LogP contribution in [0.2, 0.25) is 0 Å². The number of rotatable bonds is 6. The molecule has 0 aliphatic carbocycles. The van der Waals surface area contributed by atoms with Gasteiger partial charge in [-0.3, -0.25) is 10.1 Å². The summed E-state index contributed by atoms with van der Waals surface area (Å²) in [6.07, 6.45) is 4.40. The number of hydrogen-bond donors (Lipinski definition) is 1. The summed E-state index contributed by atoms with van der Waals surface area (Å²) in [5.74, 6) is -0.568. The molecule has 9 nitrogen and oxygen atoms in total. The van der Waals surface area contributed by atoms with E-state index in [4.69, 9.17) is 0 Å². The Morgan fingerprint density at radius 2 is 2.14 bits per heavy atom. The Bertz CT molecular complexity index is 1050. The maximum atomic E-state index is 14.5. The number of carbonyl (C=O) groups is 1. The van der Waals surface area contributed by atoms with E-state index in [0.717, 1.165) is 6.07 Å². The second kappa shape index (κ2) is 7.82. The molecule has 0 bridgehead atoms. The van der Waals surface area contributed by atoms with Gasteiger partial charge in [-0.05, 0) is 24.6 Å². The quantitative estimate of drug-likeness (QED) is 0.394. The number of benzene rings is 1. The van der Waals surface area contributed by atoms with Crippen LogP contribution in [0.4, 0.5) is 15.9 Å². The maximum absolute atomic E-state index is 14.5. The monoisotopic (exact) mass is 385 g/mol. The summed E-state index contributed by atoms with van der Waals surface area (Å²) in [5.41, 5.74) is 0.498. The molecule has 0 spiro atoms. The fraction of sp³-hybridized carbons (Fsp3) is 0.167. The lowest BCUT2D eigenvalue weighted by molar-refractivity contribution is -0.384. The number of halogens is 1. The molecule has 0 amide bonds. The molecule has 28 heavy (non-hydrogen) atoms. The van der Waals surface area contributed by atoms with Crippen LogP contribution in [0.15, 0.2) is 42.9 Å². The Kier molecular flexibility index (Phi) is 5.30. The normalized spacial score (nSPS) is 10.5. The molecule has 3 aromatic rings. The lowest BCUT2D eigenvalue weighted by Gasteiger charge is -2.10. The summed E-state index contributed by atoms with van der Waals surface area (Å²) in [4.78, 5) is 30.1. The van der Waals surface area contributed by atoms with Crippen LogP contribution in [0.3, 0.4) is 0 Å². The number of esters is 1. The summed E-state index contributed by atoms with van der Waals surface area (Å²) in [6, 6.07) is 5.70. The van der Waals surface area contributed by atoms with Crippen LogP contribution in [-0.2, 0) is 11.3 Å². The van der Waals surface area contributed by atoms with Gasteiger partial charge in [-0.15, -0.1) is 0 Å². The highest BCUT2D eigenvalue weighted by atomic mass is 19.1. The van der Waals surface area contributed by atoms with Crippen molar-refractivity contribution >= 4 is 17.5 Å². The van der Waals surface area contributed by atoms with Gasteiger partial charge in [0.25, 0.3) is 0 Å². The van der Waals surface area contributed by atoms with E-state index >= 15 is 0 Å². The number of nitrogens with zero attached hydrogens (tertiary/aromatic N) is 4. The fourth-order valence-corrected chi connectivity index (χ4v) is 2.63. The van der Waals surface area contributed by atoms with Crippen LogP contribution in [0, 0.1) is 22.9 Å². The lowest BCUT2D eigenvalue weighted by Crippen LogP contribution is -2.08. The van der Waals surface area contributed by atoms with Gasteiger partial charge in [0.2, 0.25) is 5.82 Å². The van der Waals surface area contributed by atoms with Crippen molar-refractivity contribution in [3.05, 3.63) is 75.7 Å². The molecule has 0 atom stereocenters. The molecule has 1 N–H and O–H groups in total. The first-order chi connectivity index (χ1) is 13.4. The average Bonchev–Trinajstić information content (AvgIpc) is 3.11. The molecule has 1 aromatic carbocycles. The van der Waals surface area contributed by atoms with Gasteiger partial charge in [-0.1, -0.05) is 6.07 Å². The van der Waals surface area contributed by atoms with Gasteiger partial charge in [0.15, 0.2) is 0 Å². The van der Waals surface area contributed by atoms with Crippen molar-refractivity contribution in [2.24, 2.45) is 0 Å². The van der Waals surface area contributed by atoms with Crippen LogP contribution >= 0.6 is 0 Å². The van der Waals surface area contributed by atoms with E-state index in [9.17, 15) is 19.3 Å². The highest BCUT2D eigenvalue weighted by Crippen LogP contribution is 2.24. The number of aromatic nitrogens is 3. The minimum absolute atomic E-state index is 0.0346. The van der Waals surface area contributed by atoms with Gasteiger partial charge in [-0.2, -0.15) is 0 Å². The Hall–Kier alpha value is -3.82. The molecule has 3 rings (SSSR count). The Morgan fingerprint density at radius 3 is 2.75 bits per heavy atom. The second-order valence-corrected chi connectivity index (χ2v) is 5.82. The molecular weight excluding hydrogens is 369 g/mol. The summed E-state index contributed by atoms with van der Waals surface area (Å²) in [7, 11) is 1.17. The molecule has 10 heteroatoms. The number of methoxy groups -OCH3 is 1. The number of anilines is 1. The molecule has 0 unspecified atom stereocenters. The molecule has 0 saturated heterocycles. The second-order valence-electron chi connectivity index (χ2n) is 5.82. The van der Waals surface area contributed by atoms with E-state index in [0.29, 0.717) is 17.1 Å². The Morgan fingerprint density at radius 1 is 1.36 bits per heavy atom. The van der Waals surface area contributed by atoms with Crippen molar-refractivity contribution in [3.8, 4) is 5.69 Å². The van der Waals surface area contributed by atoms with E-state index in [1.54, 1.807) is 36.0 Å². The van der Waals surface area contributed by atoms with Gasteiger partial charge in [0, 0.05) is 31.2 Å². The van der Waals surface area contributed by atoms with Crippen LogP contribution in [0.5, 0.6) is 0 Å². The molecule has 2 aromatic heterocycles. The van der Waals surface area contributed by atoms with Crippen molar-refractivity contribution in [3.63, 3.8) is 0 Å². The predicted octanol–water partition coefficient (Wildman–Crippen LogP) is 3.02. The number of carbonyl (C=O) groups excluding carboxylic acids is 1. The van der Waals surface area contributed by atoms with Crippen molar-refractivity contribution in [2.45, 2.75) is 13.5 Å². The summed E-state index contributed by atoms with van der Waals surface area (Å²) >= 11 is 0. The summed E-state index contributed by atoms with van der Waals surface area (Å²) < 4.78 is 20.6. The number of nitrogens with one attached hydrogen (secondary N) is 1. The first-order valence-corrected chi connectivity index (χ1v) is 8.16. The number of nitro groups is 1. The molecule has 0 saturated carbocycles. The molecule has 0 aliphatic rings. The number of ether oxygens (including phenoxy) is 1. The minimum Gasteiger partial charge on any atom is -0.465 e. The minimum atomic E-state index is -0.727. The molecule has 0 aliphatic heterocycles. The maximum Gasteiger partial charge on any atom is 0.339 e. The highest BCUT2D eigenvalue weighted by Gasteiger charge is 2.19. The number of hydrogen-bond acceptors (Lipinski definition) is 7. The zero-order valence-corrected chi connectivity index (χ0v) is 15.0. The predicted molar refractivity (Wildman–Crippen MR) is 97.8 cm³/mol. The van der Waals surface area contributed by atoms with Crippen molar-refractivity contribution in [1.29, 1.82) is 0 Å². The third-order valence-corrected chi connectivity index (χ3v) is 4.04. The molecule has 2 heterocycles. The van der Waals surface area contributed by atoms with Gasteiger partial charge in [-0.25, -0.2) is 19.2 Å². The van der Waals surface area contributed by atoms with Gasteiger partial charge < -0.3 is 14.6 Å². The van der Waals surface area contributed by atoms with E-state index < -0.39 is 16.7 Å². The Balaban J connectivity index is 1.80. The Labute approximate surface area is 159 Å².